The zero-order valence-electron chi connectivity index (χ0n) is 14.7. The molecule has 0 radical (unpaired) electrons. The van der Waals surface area contributed by atoms with Gasteiger partial charge in [0.1, 0.15) is 11.6 Å². The molecule has 0 aliphatic carbocycles. The molecule has 1 aromatic carbocycles. The van der Waals surface area contributed by atoms with Crippen molar-refractivity contribution >= 4 is 11.3 Å². The summed E-state index contributed by atoms with van der Waals surface area (Å²) in [6, 6.07) is 12.9. The van der Waals surface area contributed by atoms with Crippen molar-refractivity contribution in [3.8, 4) is 0 Å². The van der Waals surface area contributed by atoms with Crippen LogP contribution in [0.2, 0.25) is 0 Å². The van der Waals surface area contributed by atoms with Crippen LogP contribution in [0.4, 0.5) is 0 Å². The van der Waals surface area contributed by atoms with Crippen LogP contribution in [0.15, 0.2) is 41.8 Å². The Balaban J connectivity index is 1.40. The summed E-state index contributed by atoms with van der Waals surface area (Å²) in [5.41, 5.74) is 2.78. The van der Waals surface area contributed by atoms with Gasteiger partial charge < -0.3 is 4.57 Å². The van der Waals surface area contributed by atoms with E-state index in [4.69, 9.17) is 0 Å². The number of rotatable bonds is 5. The molecular weight excluding hydrogens is 328 g/mol. The third-order valence-corrected chi connectivity index (χ3v) is 6.02. The Kier molecular flexibility index (Phi) is 4.95. The van der Waals surface area contributed by atoms with Crippen LogP contribution >= 0.6 is 11.3 Å². The standard InChI is InChI=1S/C20H24N4S/c1-16-10-14-25-18(16)15-23-11-9-20-22-21-19(24(20)13-12-23)8-7-17-5-3-2-4-6-17/h2-6,10,14H,7-9,11-13,15H2,1H3. The third-order valence-electron chi connectivity index (χ3n) is 5.01. The lowest BCUT2D eigenvalue weighted by atomic mass is 10.1. The zero-order valence-corrected chi connectivity index (χ0v) is 15.5. The lowest BCUT2D eigenvalue weighted by molar-refractivity contribution is 0.272. The first-order chi connectivity index (χ1) is 12.3. The fourth-order valence-electron chi connectivity index (χ4n) is 3.44. The fourth-order valence-corrected chi connectivity index (χ4v) is 4.39. The number of aryl methyl sites for hydroxylation is 3. The molecule has 0 bridgehead atoms. The number of hydrogen-bond acceptors (Lipinski definition) is 4. The predicted octanol–water partition coefficient (Wildman–Crippen LogP) is 3.49. The molecule has 0 spiro atoms. The maximum Gasteiger partial charge on any atom is 0.134 e. The van der Waals surface area contributed by atoms with Gasteiger partial charge in [-0.3, -0.25) is 4.90 Å². The molecule has 0 amide bonds. The number of hydrogen-bond donors (Lipinski definition) is 0. The molecule has 5 heteroatoms. The van der Waals surface area contributed by atoms with E-state index in [1.807, 2.05) is 11.3 Å². The maximum atomic E-state index is 4.47. The first-order valence-corrected chi connectivity index (χ1v) is 9.88. The molecule has 0 saturated carbocycles. The number of thiophene rings is 1. The van der Waals surface area contributed by atoms with Gasteiger partial charge in [0.25, 0.3) is 0 Å². The summed E-state index contributed by atoms with van der Waals surface area (Å²) < 4.78 is 2.35. The van der Waals surface area contributed by atoms with Gasteiger partial charge in [0.2, 0.25) is 0 Å². The monoisotopic (exact) mass is 352 g/mol. The second-order valence-electron chi connectivity index (χ2n) is 6.72. The Morgan fingerprint density at radius 1 is 1.00 bits per heavy atom. The highest BCUT2D eigenvalue weighted by Crippen LogP contribution is 2.19. The van der Waals surface area contributed by atoms with E-state index in [1.54, 1.807) is 0 Å². The minimum absolute atomic E-state index is 0.959. The quantitative estimate of drug-likeness (QED) is 0.705. The first kappa shape index (κ1) is 16.5. The van der Waals surface area contributed by atoms with E-state index in [9.17, 15) is 0 Å². The van der Waals surface area contributed by atoms with Crippen LogP contribution in [0.3, 0.4) is 0 Å². The largest absolute Gasteiger partial charge is 0.314 e. The van der Waals surface area contributed by atoms with Crippen molar-refractivity contribution in [2.45, 2.75) is 39.3 Å². The van der Waals surface area contributed by atoms with Crippen molar-refractivity contribution in [2.75, 3.05) is 13.1 Å². The minimum atomic E-state index is 0.959. The highest BCUT2D eigenvalue weighted by atomic mass is 32.1. The van der Waals surface area contributed by atoms with Crippen molar-refractivity contribution in [3.63, 3.8) is 0 Å². The molecule has 0 N–H and O–H groups in total. The Morgan fingerprint density at radius 2 is 1.88 bits per heavy atom. The highest BCUT2D eigenvalue weighted by Gasteiger charge is 2.19. The normalized spacial score (nSPS) is 15.1. The summed E-state index contributed by atoms with van der Waals surface area (Å²) in [5, 5.41) is 11.1. The van der Waals surface area contributed by atoms with Crippen LogP contribution < -0.4 is 0 Å². The number of benzene rings is 1. The molecule has 25 heavy (non-hydrogen) atoms. The number of fused-ring (bicyclic) bond motifs is 1. The van der Waals surface area contributed by atoms with Gasteiger partial charge >= 0.3 is 0 Å². The molecule has 3 aromatic rings. The lowest BCUT2D eigenvalue weighted by Crippen LogP contribution is -2.26. The van der Waals surface area contributed by atoms with Gasteiger partial charge in [-0.05, 0) is 35.9 Å². The summed E-state index contributed by atoms with van der Waals surface area (Å²) in [6.07, 6.45) is 2.97. The second-order valence-corrected chi connectivity index (χ2v) is 7.72. The zero-order chi connectivity index (χ0) is 17.1. The molecule has 130 valence electrons. The third kappa shape index (κ3) is 3.83. The molecule has 0 atom stereocenters. The van der Waals surface area contributed by atoms with Crippen LogP contribution in [0, 0.1) is 6.92 Å². The average Bonchev–Trinajstić information content (AvgIpc) is 3.16. The van der Waals surface area contributed by atoms with Crippen LogP contribution in [0.5, 0.6) is 0 Å². The van der Waals surface area contributed by atoms with E-state index < -0.39 is 0 Å². The molecule has 1 aliphatic rings. The van der Waals surface area contributed by atoms with Crippen molar-refractivity contribution in [1.82, 2.24) is 19.7 Å². The lowest BCUT2D eigenvalue weighted by Gasteiger charge is -2.19. The smallest absolute Gasteiger partial charge is 0.134 e. The highest BCUT2D eigenvalue weighted by molar-refractivity contribution is 7.10. The van der Waals surface area contributed by atoms with E-state index >= 15 is 0 Å². The maximum absolute atomic E-state index is 4.47. The number of nitrogens with zero attached hydrogens (tertiary/aromatic N) is 4. The van der Waals surface area contributed by atoms with Gasteiger partial charge in [-0.15, -0.1) is 21.5 Å². The summed E-state index contributed by atoms with van der Waals surface area (Å²) in [7, 11) is 0. The van der Waals surface area contributed by atoms with Gasteiger partial charge in [-0.2, -0.15) is 0 Å². The van der Waals surface area contributed by atoms with Crippen LogP contribution in [0.1, 0.15) is 27.7 Å². The molecule has 0 unspecified atom stereocenters. The summed E-state index contributed by atoms with van der Waals surface area (Å²) in [6.45, 7) is 6.40. The van der Waals surface area contributed by atoms with Gasteiger partial charge in [0.05, 0.1) is 0 Å². The van der Waals surface area contributed by atoms with Crippen LogP contribution in [-0.4, -0.2) is 32.8 Å². The molecule has 0 fully saturated rings. The van der Waals surface area contributed by atoms with E-state index in [1.165, 1.54) is 16.0 Å². The van der Waals surface area contributed by atoms with E-state index in [-0.39, 0.29) is 0 Å². The summed E-state index contributed by atoms with van der Waals surface area (Å²) >= 11 is 1.87. The molecule has 0 saturated heterocycles. The van der Waals surface area contributed by atoms with Crippen molar-refractivity contribution < 1.29 is 0 Å². The van der Waals surface area contributed by atoms with Gasteiger partial charge in [0.15, 0.2) is 0 Å². The Bertz CT molecular complexity index is 821. The topological polar surface area (TPSA) is 34.0 Å². The molecule has 4 nitrogen and oxygen atoms in total. The summed E-state index contributed by atoms with van der Waals surface area (Å²) in [4.78, 5) is 4.04. The molecular formula is C20H24N4S. The van der Waals surface area contributed by atoms with Crippen molar-refractivity contribution in [1.29, 1.82) is 0 Å². The van der Waals surface area contributed by atoms with Crippen molar-refractivity contribution in [3.05, 3.63) is 69.4 Å². The Hall–Kier alpha value is -1.98. The average molecular weight is 353 g/mol. The molecule has 3 heterocycles. The van der Waals surface area contributed by atoms with Gasteiger partial charge in [0, 0.05) is 43.9 Å². The minimum Gasteiger partial charge on any atom is -0.314 e. The Labute approximate surface area is 153 Å². The summed E-state index contributed by atoms with van der Waals surface area (Å²) in [5.74, 6) is 2.28. The first-order valence-electron chi connectivity index (χ1n) is 9.00. The van der Waals surface area contributed by atoms with E-state index in [0.717, 1.165) is 57.1 Å². The molecule has 1 aliphatic heterocycles. The fraction of sp³-hybridized carbons (Fsp3) is 0.400. The van der Waals surface area contributed by atoms with Crippen molar-refractivity contribution in [2.24, 2.45) is 0 Å². The number of aromatic nitrogens is 3. The van der Waals surface area contributed by atoms with E-state index in [2.05, 4.69) is 68.4 Å². The van der Waals surface area contributed by atoms with Crippen LogP contribution in [-0.2, 0) is 32.4 Å². The molecule has 2 aromatic heterocycles. The van der Waals surface area contributed by atoms with Gasteiger partial charge in [-0.25, -0.2) is 0 Å². The SMILES string of the molecule is Cc1ccsc1CN1CCc2nnc(CCc3ccccc3)n2CC1. The van der Waals surface area contributed by atoms with Crippen LogP contribution in [0.25, 0.3) is 0 Å². The van der Waals surface area contributed by atoms with E-state index in [0.29, 0.717) is 0 Å². The second kappa shape index (κ2) is 7.50. The predicted molar refractivity (Wildman–Crippen MR) is 102 cm³/mol. The molecule has 4 rings (SSSR count). The van der Waals surface area contributed by atoms with Gasteiger partial charge in [-0.1, -0.05) is 30.3 Å². The Morgan fingerprint density at radius 3 is 2.68 bits per heavy atom.